The van der Waals surface area contributed by atoms with Gasteiger partial charge < -0.3 is 10.1 Å². The first-order chi connectivity index (χ1) is 14.8. The van der Waals surface area contributed by atoms with Gasteiger partial charge in [-0.25, -0.2) is 8.42 Å². The maximum atomic E-state index is 13.1. The van der Waals surface area contributed by atoms with Crippen LogP contribution in [0.4, 0.5) is 5.69 Å². The van der Waals surface area contributed by atoms with E-state index in [4.69, 9.17) is 4.74 Å². The van der Waals surface area contributed by atoms with Crippen LogP contribution < -0.4 is 14.8 Å². The summed E-state index contributed by atoms with van der Waals surface area (Å²) in [6.45, 7) is 3.65. The van der Waals surface area contributed by atoms with Crippen LogP contribution in [0.25, 0.3) is 0 Å². The van der Waals surface area contributed by atoms with Crippen LogP contribution in [0.5, 0.6) is 5.75 Å². The van der Waals surface area contributed by atoms with Crippen molar-refractivity contribution >= 4 is 33.4 Å². The Labute approximate surface area is 187 Å². The van der Waals surface area contributed by atoms with Crippen LogP contribution in [-0.2, 0) is 10.0 Å². The predicted molar refractivity (Wildman–Crippen MR) is 123 cm³/mol. The van der Waals surface area contributed by atoms with E-state index in [9.17, 15) is 13.2 Å². The summed E-state index contributed by atoms with van der Waals surface area (Å²) >= 11 is 1.46. The molecule has 31 heavy (non-hydrogen) atoms. The Balaban J connectivity index is 1.92. The van der Waals surface area contributed by atoms with E-state index in [-0.39, 0.29) is 16.5 Å². The molecule has 1 amide bonds. The van der Waals surface area contributed by atoms with Crippen LogP contribution in [0.15, 0.2) is 87.5 Å². The molecule has 0 saturated carbocycles. The van der Waals surface area contributed by atoms with E-state index in [2.05, 4.69) is 10.0 Å². The summed E-state index contributed by atoms with van der Waals surface area (Å²) in [6, 6.07) is 21.0. The number of anilines is 1. The van der Waals surface area contributed by atoms with Crippen molar-refractivity contribution in [3.8, 4) is 5.75 Å². The van der Waals surface area contributed by atoms with Crippen LogP contribution >= 0.6 is 11.8 Å². The number of hydrogen-bond donors (Lipinski definition) is 2. The second kappa shape index (κ2) is 9.89. The lowest BCUT2D eigenvalue weighted by Crippen LogP contribution is -2.30. The third kappa shape index (κ3) is 5.80. The van der Waals surface area contributed by atoms with Gasteiger partial charge in [0, 0.05) is 15.8 Å². The number of methoxy groups -OCH3 is 1. The Kier molecular flexibility index (Phi) is 7.25. The first-order valence-electron chi connectivity index (χ1n) is 9.64. The summed E-state index contributed by atoms with van der Waals surface area (Å²) in [5, 5.41) is 2.76. The minimum Gasteiger partial charge on any atom is -0.496 e. The highest BCUT2D eigenvalue weighted by Crippen LogP contribution is 2.34. The van der Waals surface area contributed by atoms with Gasteiger partial charge in [-0.05, 0) is 56.3 Å². The van der Waals surface area contributed by atoms with Gasteiger partial charge in [0.05, 0.1) is 23.3 Å². The number of rotatable bonds is 8. The number of hydrogen-bond acceptors (Lipinski definition) is 5. The normalized spacial score (nSPS) is 11.2. The fourth-order valence-corrected chi connectivity index (χ4v) is 4.92. The maximum Gasteiger partial charge on any atom is 0.261 e. The molecule has 0 atom stereocenters. The molecule has 0 bridgehead atoms. The molecule has 0 radical (unpaired) electrons. The Morgan fingerprint density at radius 2 is 1.65 bits per heavy atom. The van der Waals surface area contributed by atoms with E-state index in [0.717, 1.165) is 9.79 Å². The molecule has 3 aromatic carbocycles. The lowest BCUT2D eigenvalue weighted by atomic mass is 10.2. The number of carbonyl (C=O) groups is 1. The first-order valence-corrected chi connectivity index (χ1v) is 11.9. The minimum atomic E-state index is -3.94. The van der Waals surface area contributed by atoms with Gasteiger partial charge in [0.15, 0.2) is 0 Å². The molecule has 3 rings (SSSR count). The van der Waals surface area contributed by atoms with Gasteiger partial charge in [-0.1, -0.05) is 42.1 Å². The van der Waals surface area contributed by atoms with Gasteiger partial charge in [0.25, 0.3) is 15.9 Å². The fraction of sp³-hybridized carbons (Fsp3) is 0.174. The smallest absolute Gasteiger partial charge is 0.261 e. The summed E-state index contributed by atoms with van der Waals surface area (Å²) in [7, 11) is -2.50. The largest absolute Gasteiger partial charge is 0.496 e. The lowest BCUT2D eigenvalue weighted by molar-refractivity contribution is 0.0940. The van der Waals surface area contributed by atoms with E-state index in [1.807, 2.05) is 56.3 Å². The number of nitrogens with one attached hydrogen (secondary N) is 2. The maximum absolute atomic E-state index is 13.1. The molecule has 0 aliphatic rings. The van der Waals surface area contributed by atoms with Crippen molar-refractivity contribution in [3.63, 3.8) is 0 Å². The standard InChI is InChI=1S/C23H24N2O4S2/c1-16(2)24-23(26)19-15-18(13-14-21(19)29-3)31(27,28)25-20-11-7-8-12-22(20)30-17-9-5-4-6-10-17/h4-16,25H,1-3H3,(H,24,26). The van der Waals surface area contributed by atoms with Crippen LogP contribution in [0.1, 0.15) is 24.2 Å². The van der Waals surface area contributed by atoms with Crippen molar-refractivity contribution in [2.24, 2.45) is 0 Å². The van der Waals surface area contributed by atoms with E-state index in [1.165, 1.54) is 37.1 Å². The summed E-state index contributed by atoms with van der Waals surface area (Å²) in [4.78, 5) is 14.3. The quantitative estimate of drug-likeness (QED) is 0.509. The van der Waals surface area contributed by atoms with Gasteiger partial charge in [-0.15, -0.1) is 0 Å². The topological polar surface area (TPSA) is 84.5 Å². The number of ether oxygens (including phenoxy) is 1. The number of amides is 1. The third-order valence-corrected chi connectivity index (χ3v) is 6.69. The molecule has 0 spiro atoms. The second-order valence-electron chi connectivity index (χ2n) is 7.01. The van der Waals surface area contributed by atoms with Crippen molar-refractivity contribution in [1.82, 2.24) is 5.32 Å². The molecule has 2 N–H and O–H groups in total. The highest BCUT2D eigenvalue weighted by Gasteiger charge is 2.21. The van der Waals surface area contributed by atoms with Gasteiger partial charge in [0.1, 0.15) is 5.75 Å². The van der Waals surface area contributed by atoms with E-state index < -0.39 is 15.9 Å². The molecule has 0 fully saturated rings. The fourth-order valence-electron chi connectivity index (χ4n) is 2.83. The Morgan fingerprint density at radius 1 is 0.968 bits per heavy atom. The second-order valence-corrected chi connectivity index (χ2v) is 9.80. The molecule has 0 heterocycles. The average Bonchev–Trinajstić information content (AvgIpc) is 2.74. The molecular weight excluding hydrogens is 432 g/mol. The Hall–Kier alpha value is -2.97. The van der Waals surface area contributed by atoms with Gasteiger partial charge >= 0.3 is 0 Å². The average molecular weight is 457 g/mol. The van der Waals surface area contributed by atoms with Gasteiger partial charge in [-0.3, -0.25) is 9.52 Å². The molecule has 0 saturated heterocycles. The van der Waals surface area contributed by atoms with Gasteiger partial charge in [-0.2, -0.15) is 0 Å². The highest BCUT2D eigenvalue weighted by molar-refractivity contribution is 7.99. The number of para-hydroxylation sites is 1. The molecule has 3 aromatic rings. The van der Waals surface area contributed by atoms with Crippen LogP contribution in [0, 0.1) is 0 Å². The highest BCUT2D eigenvalue weighted by atomic mass is 32.2. The zero-order chi connectivity index (χ0) is 22.4. The van der Waals surface area contributed by atoms with Crippen molar-refractivity contribution in [2.45, 2.75) is 34.6 Å². The van der Waals surface area contributed by atoms with Crippen LogP contribution in [-0.4, -0.2) is 27.5 Å². The van der Waals surface area contributed by atoms with E-state index in [0.29, 0.717) is 11.4 Å². The number of sulfonamides is 1. The summed E-state index contributed by atoms with van der Waals surface area (Å²) in [5.74, 6) is -0.0962. The monoisotopic (exact) mass is 456 g/mol. The summed E-state index contributed by atoms with van der Waals surface area (Å²) < 4.78 is 34.1. The van der Waals surface area contributed by atoms with Crippen LogP contribution in [0.2, 0.25) is 0 Å². The molecule has 162 valence electrons. The van der Waals surface area contributed by atoms with E-state index >= 15 is 0 Å². The van der Waals surface area contributed by atoms with Crippen molar-refractivity contribution in [3.05, 3.63) is 78.4 Å². The lowest BCUT2D eigenvalue weighted by Gasteiger charge is -2.15. The zero-order valence-electron chi connectivity index (χ0n) is 17.5. The predicted octanol–water partition coefficient (Wildman–Crippen LogP) is 4.79. The van der Waals surface area contributed by atoms with Crippen molar-refractivity contribution < 1.29 is 17.9 Å². The summed E-state index contributed by atoms with van der Waals surface area (Å²) in [6.07, 6.45) is 0. The SMILES string of the molecule is COc1ccc(S(=O)(=O)Nc2ccccc2Sc2ccccc2)cc1C(=O)NC(C)C. The first kappa shape index (κ1) is 22.7. The molecule has 0 unspecified atom stereocenters. The molecule has 0 aliphatic heterocycles. The molecular formula is C23H24N2O4S2. The van der Waals surface area contributed by atoms with Crippen molar-refractivity contribution in [2.75, 3.05) is 11.8 Å². The van der Waals surface area contributed by atoms with Crippen molar-refractivity contribution in [1.29, 1.82) is 0 Å². The molecule has 0 aliphatic carbocycles. The Bertz CT molecular complexity index is 1160. The molecule has 0 aromatic heterocycles. The molecule has 6 nitrogen and oxygen atoms in total. The van der Waals surface area contributed by atoms with E-state index in [1.54, 1.807) is 12.1 Å². The zero-order valence-corrected chi connectivity index (χ0v) is 19.1. The Morgan fingerprint density at radius 3 is 2.32 bits per heavy atom. The van der Waals surface area contributed by atoms with Gasteiger partial charge in [0.2, 0.25) is 0 Å². The van der Waals surface area contributed by atoms with Crippen LogP contribution in [0.3, 0.4) is 0 Å². The summed E-state index contributed by atoms with van der Waals surface area (Å²) in [5.41, 5.74) is 0.617. The third-order valence-electron chi connectivity index (χ3n) is 4.25. The number of benzene rings is 3. The minimum absolute atomic E-state index is 0.0262. The molecule has 8 heteroatoms. The number of carbonyl (C=O) groups excluding carboxylic acids is 1.